The molecule has 0 bridgehead atoms. The monoisotopic (exact) mass is 291 g/mol. The molecule has 1 aliphatic rings. The lowest BCUT2D eigenvalue weighted by Gasteiger charge is -2.35. The number of hydrogen-bond donors (Lipinski definition) is 2. The summed E-state index contributed by atoms with van der Waals surface area (Å²) < 4.78 is 5.47. The summed E-state index contributed by atoms with van der Waals surface area (Å²) in [5.74, 6) is 1.06. The molecular formula is C17H25NO3. The molecule has 2 rings (SSSR count). The Hall–Kier alpha value is -1.55. The molecule has 21 heavy (non-hydrogen) atoms. The number of ether oxygens (including phenoxy) is 1. The van der Waals surface area contributed by atoms with Gasteiger partial charge in [-0.3, -0.25) is 4.79 Å². The summed E-state index contributed by atoms with van der Waals surface area (Å²) in [6, 6.07) is 7.19. The van der Waals surface area contributed by atoms with Crippen LogP contribution in [0, 0.1) is 5.92 Å². The summed E-state index contributed by atoms with van der Waals surface area (Å²) in [5.41, 5.74) is -0.241. The molecule has 0 unspecified atom stereocenters. The van der Waals surface area contributed by atoms with Crippen molar-refractivity contribution in [3.8, 4) is 5.75 Å². The molecule has 1 amide bonds. The lowest BCUT2D eigenvalue weighted by atomic mass is 9.79. The Bertz CT molecular complexity index is 479. The number of aliphatic hydroxyl groups is 1. The Kier molecular flexibility index (Phi) is 5.23. The van der Waals surface area contributed by atoms with Gasteiger partial charge in [-0.1, -0.05) is 19.1 Å². The van der Waals surface area contributed by atoms with Crippen molar-refractivity contribution in [2.75, 3.05) is 13.2 Å². The standard InChI is InChI=1S/C17H25NO3/c1-3-21-15-7-5-4-6-14(15)16(19)18-12-17(20)10-8-13(2)9-11-17/h4-7,13,20H,3,8-12H2,1-2H3,(H,18,19). The number of carbonyl (C=O) groups is 1. The first kappa shape index (κ1) is 15.8. The van der Waals surface area contributed by atoms with E-state index in [0.717, 1.165) is 25.7 Å². The number of benzene rings is 1. The first-order chi connectivity index (χ1) is 10.0. The molecule has 0 heterocycles. The van der Waals surface area contributed by atoms with Gasteiger partial charge in [0.1, 0.15) is 5.75 Å². The van der Waals surface area contributed by atoms with Gasteiger partial charge in [-0.05, 0) is 50.7 Å². The predicted octanol–water partition coefficient (Wildman–Crippen LogP) is 2.76. The van der Waals surface area contributed by atoms with Crippen molar-refractivity contribution in [2.24, 2.45) is 5.92 Å². The maximum Gasteiger partial charge on any atom is 0.255 e. The number of rotatable bonds is 5. The van der Waals surface area contributed by atoms with Gasteiger partial charge >= 0.3 is 0 Å². The summed E-state index contributed by atoms with van der Waals surface area (Å²) in [4.78, 5) is 12.3. The zero-order valence-electron chi connectivity index (χ0n) is 12.9. The minimum Gasteiger partial charge on any atom is -0.493 e. The maximum absolute atomic E-state index is 12.3. The summed E-state index contributed by atoms with van der Waals surface area (Å²) in [6.07, 6.45) is 3.53. The van der Waals surface area contributed by atoms with Gasteiger partial charge in [-0.15, -0.1) is 0 Å². The Labute approximate surface area is 126 Å². The number of carbonyl (C=O) groups excluding carboxylic acids is 1. The first-order valence-electron chi connectivity index (χ1n) is 7.76. The van der Waals surface area contributed by atoms with Crippen molar-refractivity contribution in [1.82, 2.24) is 5.32 Å². The molecule has 0 aliphatic heterocycles. The highest BCUT2D eigenvalue weighted by Crippen LogP contribution is 2.31. The van der Waals surface area contributed by atoms with Crippen LogP contribution < -0.4 is 10.1 Å². The minimum atomic E-state index is -0.761. The second-order valence-corrected chi connectivity index (χ2v) is 6.02. The van der Waals surface area contributed by atoms with Crippen LogP contribution in [0.1, 0.15) is 49.9 Å². The molecule has 1 fully saturated rings. The van der Waals surface area contributed by atoms with E-state index in [1.165, 1.54) is 0 Å². The molecule has 1 aromatic rings. The van der Waals surface area contributed by atoms with E-state index in [1.807, 2.05) is 19.1 Å². The number of nitrogens with one attached hydrogen (secondary N) is 1. The quantitative estimate of drug-likeness (QED) is 0.877. The van der Waals surface area contributed by atoms with Gasteiger partial charge in [-0.2, -0.15) is 0 Å². The molecule has 4 nitrogen and oxygen atoms in total. The molecule has 1 aliphatic carbocycles. The van der Waals surface area contributed by atoms with Gasteiger partial charge in [0.15, 0.2) is 0 Å². The van der Waals surface area contributed by atoms with Gasteiger partial charge in [0.05, 0.1) is 17.8 Å². The fourth-order valence-corrected chi connectivity index (χ4v) is 2.75. The van der Waals surface area contributed by atoms with Crippen LogP contribution in [0.5, 0.6) is 5.75 Å². The van der Waals surface area contributed by atoms with Crippen molar-refractivity contribution in [3.63, 3.8) is 0 Å². The average Bonchev–Trinajstić information content (AvgIpc) is 2.49. The SMILES string of the molecule is CCOc1ccccc1C(=O)NCC1(O)CCC(C)CC1. The highest BCUT2D eigenvalue weighted by molar-refractivity contribution is 5.96. The van der Waals surface area contributed by atoms with E-state index in [4.69, 9.17) is 4.74 Å². The fraction of sp³-hybridized carbons (Fsp3) is 0.588. The van der Waals surface area contributed by atoms with Crippen molar-refractivity contribution in [3.05, 3.63) is 29.8 Å². The molecule has 0 saturated heterocycles. The third-order valence-corrected chi connectivity index (χ3v) is 4.21. The Balaban J connectivity index is 1.96. The van der Waals surface area contributed by atoms with Crippen LogP contribution in [0.15, 0.2) is 24.3 Å². The normalized spacial score (nSPS) is 25.4. The van der Waals surface area contributed by atoms with Gasteiger partial charge in [-0.25, -0.2) is 0 Å². The van der Waals surface area contributed by atoms with Crippen LogP contribution in [-0.2, 0) is 0 Å². The van der Waals surface area contributed by atoms with Crippen LogP contribution in [0.25, 0.3) is 0 Å². The topological polar surface area (TPSA) is 58.6 Å². The van der Waals surface area contributed by atoms with E-state index in [-0.39, 0.29) is 5.91 Å². The van der Waals surface area contributed by atoms with Crippen LogP contribution >= 0.6 is 0 Å². The van der Waals surface area contributed by atoms with Crippen LogP contribution in [0.3, 0.4) is 0 Å². The van der Waals surface area contributed by atoms with E-state index in [1.54, 1.807) is 12.1 Å². The molecule has 2 N–H and O–H groups in total. The van der Waals surface area contributed by atoms with E-state index in [2.05, 4.69) is 12.2 Å². The van der Waals surface area contributed by atoms with Gasteiger partial charge in [0, 0.05) is 6.54 Å². The van der Waals surface area contributed by atoms with Crippen molar-refractivity contribution in [2.45, 2.75) is 45.1 Å². The molecule has 1 saturated carbocycles. The van der Waals surface area contributed by atoms with Crippen LogP contribution in [0.4, 0.5) is 0 Å². The summed E-state index contributed by atoms with van der Waals surface area (Å²) in [6.45, 7) is 4.92. The molecular weight excluding hydrogens is 266 g/mol. The average molecular weight is 291 g/mol. The smallest absolute Gasteiger partial charge is 0.255 e. The predicted molar refractivity (Wildman–Crippen MR) is 82.5 cm³/mol. The molecule has 4 heteroatoms. The highest BCUT2D eigenvalue weighted by atomic mass is 16.5. The van der Waals surface area contributed by atoms with E-state index >= 15 is 0 Å². The highest BCUT2D eigenvalue weighted by Gasteiger charge is 2.32. The maximum atomic E-state index is 12.3. The summed E-state index contributed by atoms with van der Waals surface area (Å²) in [7, 11) is 0. The summed E-state index contributed by atoms with van der Waals surface area (Å²) >= 11 is 0. The zero-order valence-corrected chi connectivity index (χ0v) is 12.9. The Morgan fingerprint density at radius 1 is 1.38 bits per heavy atom. The molecule has 0 aromatic heterocycles. The van der Waals surface area contributed by atoms with E-state index < -0.39 is 5.60 Å². The van der Waals surface area contributed by atoms with Crippen LogP contribution in [0.2, 0.25) is 0 Å². The molecule has 116 valence electrons. The fourth-order valence-electron chi connectivity index (χ4n) is 2.75. The molecule has 1 aromatic carbocycles. The van der Waals surface area contributed by atoms with Crippen molar-refractivity contribution >= 4 is 5.91 Å². The summed E-state index contributed by atoms with van der Waals surface area (Å²) in [5, 5.41) is 13.4. The van der Waals surface area contributed by atoms with Gasteiger partial charge < -0.3 is 15.2 Å². The number of amides is 1. The van der Waals surface area contributed by atoms with Crippen molar-refractivity contribution in [1.29, 1.82) is 0 Å². The third-order valence-electron chi connectivity index (χ3n) is 4.21. The molecule has 0 spiro atoms. The first-order valence-corrected chi connectivity index (χ1v) is 7.76. The minimum absolute atomic E-state index is 0.189. The largest absolute Gasteiger partial charge is 0.493 e. The lowest BCUT2D eigenvalue weighted by molar-refractivity contribution is -0.00542. The second-order valence-electron chi connectivity index (χ2n) is 6.02. The lowest BCUT2D eigenvalue weighted by Crippen LogP contribution is -2.45. The Morgan fingerprint density at radius 2 is 2.05 bits per heavy atom. The Morgan fingerprint density at radius 3 is 2.71 bits per heavy atom. The second kappa shape index (κ2) is 6.94. The molecule has 0 radical (unpaired) electrons. The number of para-hydroxylation sites is 1. The third kappa shape index (κ3) is 4.21. The molecule has 0 atom stereocenters. The van der Waals surface area contributed by atoms with E-state index in [0.29, 0.717) is 30.4 Å². The van der Waals surface area contributed by atoms with Crippen LogP contribution in [-0.4, -0.2) is 29.8 Å². The van der Waals surface area contributed by atoms with Gasteiger partial charge in [0.2, 0.25) is 0 Å². The number of hydrogen-bond acceptors (Lipinski definition) is 3. The van der Waals surface area contributed by atoms with Gasteiger partial charge in [0.25, 0.3) is 5.91 Å². The zero-order chi connectivity index (χ0) is 15.3. The van der Waals surface area contributed by atoms with Crippen molar-refractivity contribution < 1.29 is 14.6 Å². The van der Waals surface area contributed by atoms with E-state index in [9.17, 15) is 9.90 Å².